The molecular weight excluding hydrogens is 366 g/mol. The van der Waals surface area contributed by atoms with Crippen LogP contribution in [0.1, 0.15) is 37.8 Å². The first-order valence-electron chi connectivity index (χ1n) is 10.1. The molecule has 0 saturated heterocycles. The van der Waals surface area contributed by atoms with E-state index in [9.17, 15) is 9.90 Å². The average molecular weight is 395 g/mol. The van der Waals surface area contributed by atoms with E-state index >= 15 is 0 Å². The molecular formula is C24H29NO4. The van der Waals surface area contributed by atoms with Crippen molar-refractivity contribution >= 4 is 11.0 Å². The van der Waals surface area contributed by atoms with Crippen molar-refractivity contribution < 1.29 is 14.3 Å². The maximum absolute atomic E-state index is 12.7. The lowest BCUT2D eigenvalue weighted by Crippen LogP contribution is -2.24. The third-order valence-corrected chi connectivity index (χ3v) is 5.09. The number of fused-ring (bicyclic) bond motifs is 1. The number of aromatic hydroxyl groups is 1. The molecule has 0 spiro atoms. The molecule has 0 atom stereocenters. The first kappa shape index (κ1) is 20.9. The summed E-state index contributed by atoms with van der Waals surface area (Å²) >= 11 is 0. The van der Waals surface area contributed by atoms with Gasteiger partial charge in [-0.1, -0.05) is 44.2 Å². The van der Waals surface area contributed by atoms with E-state index in [1.165, 1.54) is 5.56 Å². The predicted molar refractivity (Wildman–Crippen MR) is 117 cm³/mol. The molecule has 1 aromatic heterocycles. The lowest BCUT2D eigenvalue weighted by molar-refractivity contribution is 0.266. The van der Waals surface area contributed by atoms with Gasteiger partial charge >= 0.3 is 0 Å². The van der Waals surface area contributed by atoms with Gasteiger partial charge < -0.3 is 14.3 Å². The maximum Gasteiger partial charge on any atom is 0.235 e. The van der Waals surface area contributed by atoms with Crippen molar-refractivity contribution in [1.82, 2.24) is 4.90 Å². The van der Waals surface area contributed by atoms with Crippen molar-refractivity contribution in [1.29, 1.82) is 0 Å². The lowest BCUT2D eigenvalue weighted by Gasteiger charge is -2.21. The molecule has 0 aliphatic rings. The van der Waals surface area contributed by atoms with Gasteiger partial charge in [0, 0.05) is 12.1 Å². The fourth-order valence-electron chi connectivity index (χ4n) is 3.69. The van der Waals surface area contributed by atoms with Gasteiger partial charge in [-0.05, 0) is 50.0 Å². The third-order valence-electron chi connectivity index (χ3n) is 5.09. The Morgan fingerprint density at radius 3 is 2.28 bits per heavy atom. The number of methoxy groups -OCH3 is 1. The normalized spacial score (nSPS) is 11.3. The van der Waals surface area contributed by atoms with Crippen LogP contribution in [0.3, 0.4) is 0 Å². The van der Waals surface area contributed by atoms with Crippen LogP contribution in [-0.4, -0.2) is 30.2 Å². The summed E-state index contributed by atoms with van der Waals surface area (Å²) in [5.74, 6) is 0.291. The van der Waals surface area contributed by atoms with E-state index in [1.807, 2.05) is 31.2 Å². The summed E-state index contributed by atoms with van der Waals surface area (Å²) in [4.78, 5) is 15.1. The molecule has 1 heterocycles. The first-order valence-corrected chi connectivity index (χ1v) is 10.1. The van der Waals surface area contributed by atoms with Gasteiger partial charge in [0.15, 0.2) is 17.1 Å². The molecule has 29 heavy (non-hydrogen) atoms. The Morgan fingerprint density at radius 2 is 1.69 bits per heavy atom. The molecule has 0 unspecified atom stereocenters. The minimum Gasteiger partial charge on any atom is -0.502 e. The Bertz CT molecular complexity index is 1030. The molecule has 3 rings (SSSR count). The van der Waals surface area contributed by atoms with Crippen molar-refractivity contribution in [3.63, 3.8) is 0 Å². The Labute approximate surface area is 171 Å². The zero-order valence-electron chi connectivity index (χ0n) is 17.6. The van der Waals surface area contributed by atoms with Gasteiger partial charge in [-0.2, -0.15) is 0 Å². The summed E-state index contributed by atoms with van der Waals surface area (Å²) in [6.07, 6.45) is 2.24. The Kier molecular flexibility index (Phi) is 6.60. The van der Waals surface area contributed by atoms with E-state index in [0.717, 1.165) is 38.0 Å². The van der Waals surface area contributed by atoms with Crippen LogP contribution in [-0.2, 0) is 6.54 Å². The van der Waals surface area contributed by atoms with Crippen LogP contribution in [0.4, 0.5) is 0 Å². The summed E-state index contributed by atoms with van der Waals surface area (Å²) in [6, 6.07) is 11.2. The largest absolute Gasteiger partial charge is 0.502 e. The minimum absolute atomic E-state index is 0.164. The van der Waals surface area contributed by atoms with Crippen LogP contribution >= 0.6 is 0 Å². The number of ether oxygens (including phenoxy) is 1. The fourth-order valence-corrected chi connectivity index (χ4v) is 3.69. The predicted octanol–water partition coefficient (Wildman–Crippen LogP) is 5.10. The number of hydrogen-bond donors (Lipinski definition) is 1. The van der Waals surface area contributed by atoms with E-state index in [2.05, 4.69) is 18.7 Å². The van der Waals surface area contributed by atoms with Gasteiger partial charge in [0.1, 0.15) is 0 Å². The second-order valence-corrected chi connectivity index (χ2v) is 7.37. The van der Waals surface area contributed by atoms with Crippen LogP contribution in [0.5, 0.6) is 11.5 Å². The highest BCUT2D eigenvalue weighted by Gasteiger charge is 2.19. The topological polar surface area (TPSA) is 62.9 Å². The van der Waals surface area contributed by atoms with Gasteiger partial charge in [0.25, 0.3) is 0 Å². The van der Waals surface area contributed by atoms with Gasteiger partial charge in [0.05, 0.1) is 12.5 Å². The first-order chi connectivity index (χ1) is 14.0. The van der Waals surface area contributed by atoms with Crippen molar-refractivity contribution in [2.75, 3.05) is 20.2 Å². The Morgan fingerprint density at radius 1 is 1.03 bits per heavy atom. The van der Waals surface area contributed by atoms with E-state index in [-0.39, 0.29) is 11.5 Å². The van der Waals surface area contributed by atoms with Crippen molar-refractivity contribution in [3.05, 3.63) is 57.7 Å². The SMILES string of the molecule is CCCN(CCC)Cc1ccc(-c2oc3c(OC)c(C)ccc3c(=O)c2O)cc1. The van der Waals surface area contributed by atoms with Crippen LogP contribution in [0.2, 0.25) is 0 Å². The number of benzene rings is 2. The summed E-state index contributed by atoms with van der Waals surface area (Å²) in [6.45, 7) is 9.27. The van der Waals surface area contributed by atoms with Crippen molar-refractivity contribution in [2.45, 2.75) is 40.2 Å². The summed E-state index contributed by atoms with van der Waals surface area (Å²) in [5.41, 5.74) is 2.60. The average Bonchev–Trinajstić information content (AvgIpc) is 2.71. The van der Waals surface area contributed by atoms with Crippen molar-refractivity contribution in [2.24, 2.45) is 0 Å². The van der Waals surface area contributed by atoms with Crippen molar-refractivity contribution in [3.8, 4) is 22.8 Å². The molecule has 0 bridgehead atoms. The maximum atomic E-state index is 12.7. The molecule has 0 aliphatic carbocycles. The highest BCUT2D eigenvalue weighted by Crippen LogP contribution is 2.35. The molecule has 0 aliphatic heterocycles. The van der Waals surface area contributed by atoms with E-state index in [0.29, 0.717) is 22.3 Å². The van der Waals surface area contributed by atoms with Crippen LogP contribution in [0, 0.1) is 6.92 Å². The number of nitrogens with zero attached hydrogens (tertiary/aromatic N) is 1. The quantitative estimate of drug-likeness (QED) is 0.575. The van der Waals surface area contributed by atoms with Crippen LogP contribution < -0.4 is 10.2 Å². The molecule has 0 radical (unpaired) electrons. The number of hydrogen-bond acceptors (Lipinski definition) is 5. The molecule has 0 saturated carbocycles. The zero-order valence-corrected chi connectivity index (χ0v) is 17.6. The fraction of sp³-hybridized carbons (Fsp3) is 0.375. The molecule has 154 valence electrons. The molecule has 1 N–H and O–H groups in total. The van der Waals surface area contributed by atoms with E-state index in [1.54, 1.807) is 19.2 Å². The van der Waals surface area contributed by atoms with Gasteiger partial charge in [0.2, 0.25) is 11.2 Å². The minimum atomic E-state index is -0.458. The smallest absolute Gasteiger partial charge is 0.235 e. The third kappa shape index (κ3) is 4.30. The highest BCUT2D eigenvalue weighted by molar-refractivity contribution is 5.87. The van der Waals surface area contributed by atoms with Crippen LogP contribution in [0.15, 0.2) is 45.6 Å². The molecule has 0 fully saturated rings. The van der Waals surface area contributed by atoms with E-state index < -0.39 is 5.43 Å². The molecule has 5 heteroatoms. The second-order valence-electron chi connectivity index (χ2n) is 7.37. The Hall–Kier alpha value is -2.79. The van der Waals surface area contributed by atoms with Gasteiger partial charge in [-0.3, -0.25) is 9.69 Å². The second kappa shape index (κ2) is 9.14. The Balaban J connectivity index is 2.00. The standard InChI is InChI=1S/C24H29NO4/c1-5-13-25(14-6-2)15-17-8-10-18(11-9-17)23-21(27)20(26)19-12-7-16(3)22(28-4)24(19)29-23/h7-12,27H,5-6,13-15H2,1-4H3. The molecule has 0 amide bonds. The monoisotopic (exact) mass is 395 g/mol. The van der Waals surface area contributed by atoms with Gasteiger partial charge in [-0.15, -0.1) is 0 Å². The summed E-state index contributed by atoms with van der Waals surface area (Å²) < 4.78 is 11.4. The van der Waals surface area contributed by atoms with Gasteiger partial charge in [-0.25, -0.2) is 0 Å². The molecule has 2 aromatic carbocycles. The molecule has 5 nitrogen and oxygen atoms in total. The van der Waals surface area contributed by atoms with E-state index in [4.69, 9.17) is 9.15 Å². The number of rotatable bonds is 8. The van der Waals surface area contributed by atoms with Crippen LogP contribution in [0.25, 0.3) is 22.3 Å². The number of aryl methyl sites for hydroxylation is 1. The lowest BCUT2D eigenvalue weighted by atomic mass is 10.1. The summed E-state index contributed by atoms with van der Waals surface area (Å²) in [5, 5.41) is 10.8. The highest BCUT2D eigenvalue weighted by atomic mass is 16.5. The zero-order chi connectivity index (χ0) is 21.0. The molecule has 3 aromatic rings. The summed E-state index contributed by atoms with van der Waals surface area (Å²) in [7, 11) is 1.54.